The number of carbonyl (C=O) groups excluding carboxylic acids is 1. The third-order valence-corrected chi connectivity index (χ3v) is 5.37. The molecule has 0 aromatic carbocycles. The van der Waals surface area contributed by atoms with Crippen LogP contribution in [0.1, 0.15) is 40.5 Å². The first-order valence-electron chi connectivity index (χ1n) is 9.13. The van der Waals surface area contributed by atoms with E-state index in [1.807, 2.05) is 37.2 Å². The number of amides is 1. The standard InChI is InChI=1S/C20H22N6O/c1-14-17(12-24-25(14)2)20(27)26-9-5-16(6-10-26)19-18(11-22-13-23-19)15-3-7-21-8-4-15/h3-4,7-8,11-13,16H,5-6,9-10H2,1-2H3. The second-order valence-corrected chi connectivity index (χ2v) is 6.89. The largest absolute Gasteiger partial charge is 0.338 e. The van der Waals surface area contributed by atoms with E-state index >= 15 is 0 Å². The minimum Gasteiger partial charge on any atom is -0.338 e. The molecule has 1 fully saturated rings. The molecule has 0 atom stereocenters. The fraction of sp³-hybridized carbons (Fsp3) is 0.350. The van der Waals surface area contributed by atoms with Crippen molar-refractivity contribution in [1.82, 2.24) is 29.6 Å². The maximum atomic E-state index is 12.8. The minimum atomic E-state index is 0.0658. The van der Waals surface area contributed by atoms with Crippen molar-refractivity contribution in [3.05, 3.63) is 60.2 Å². The van der Waals surface area contributed by atoms with Crippen LogP contribution in [0.25, 0.3) is 11.1 Å². The lowest BCUT2D eigenvalue weighted by Gasteiger charge is -2.32. The molecule has 1 amide bonds. The van der Waals surface area contributed by atoms with E-state index < -0.39 is 0 Å². The summed E-state index contributed by atoms with van der Waals surface area (Å²) < 4.78 is 1.74. The van der Waals surface area contributed by atoms with Crippen LogP contribution >= 0.6 is 0 Å². The smallest absolute Gasteiger partial charge is 0.257 e. The van der Waals surface area contributed by atoms with Gasteiger partial charge >= 0.3 is 0 Å². The normalized spacial score (nSPS) is 15.1. The van der Waals surface area contributed by atoms with Gasteiger partial charge < -0.3 is 4.90 Å². The lowest BCUT2D eigenvalue weighted by molar-refractivity contribution is 0.0711. The molecule has 3 aromatic rings. The average Bonchev–Trinajstić information content (AvgIpc) is 3.07. The molecule has 0 spiro atoms. The molecular formula is C20H22N6O. The minimum absolute atomic E-state index is 0.0658. The molecule has 0 bridgehead atoms. The van der Waals surface area contributed by atoms with Crippen LogP contribution in [0.4, 0.5) is 0 Å². The van der Waals surface area contributed by atoms with Gasteiger partial charge in [-0.05, 0) is 37.5 Å². The van der Waals surface area contributed by atoms with E-state index in [2.05, 4.69) is 20.1 Å². The van der Waals surface area contributed by atoms with E-state index in [0.29, 0.717) is 11.5 Å². The number of hydrogen-bond donors (Lipinski definition) is 0. The topological polar surface area (TPSA) is 76.8 Å². The van der Waals surface area contributed by atoms with Crippen molar-refractivity contribution in [2.24, 2.45) is 7.05 Å². The summed E-state index contributed by atoms with van der Waals surface area (Å²) in [5, 5.41) is 4.19. The van der Waals surface area contributed by atoms with Crippen molar-refractivity contribution in [3.63, 3.8) is 0 Å². The van der Waals surface area contributed by atoms with E-state index in [-0.39, 0.29) is 5.91 Å². The molecule has 1 saturated heterocycles. The highest BCUT2D eigenvalue weighted by Gasteiger charge is 2.28. The van der Waals surface area contributed by atoms with Crippen LogP contribution in [-0.4, -0.2) is 48.6 Å². The third kappa shape index (κ3) is 3.32. The Labute approximate surface area is 158 Å². The molecular weight excluding hydrogens is 340 g/mol. The number of piperidine rings is 1. The maximum absolute atomic E-state index is 12.8. The Morgan fingerprint density at radius 2 is 1.85 bits per heavy atom. The van der Waals surface area contributed by atoms with Crippen molar-refractivity contribution in [2.75, 3.05) is 13.1 Å². The average molecular weight is 362 g/mol. The number of carbonyl (C=O) groups is 1. The maximum Gasteiger partial charge on any atom is 0.257 e. The number of likely N-dealkylation sites (tertiary alicyclic amines) is 1. The van der Waals surface area contributed by atoms with Gasteiger partial charge in [0.1, 0.15) is 6.33 Å². The molecule has 138 valence electrons. The highest BCUT2D eigenvalue weighted by molar-refractivity contribution is 5.95. The monoisotopic (exact) mass is 362 g/mol. The SMILES string of the molecule is Cc1c(C(=O)N2CCC(c3ncncc3-c3ccncc3)CC2)cnn1C. The highest BCUT2D eigenvalue weighted by Crippen LogP contribution is 2.33. The summed E-state index contributed by atoms with van der Waals surface area (Å²) in [4.78, 5) is 27.6. The van der Waals surface area contributed by atoms with Crippen LogP contribution in [0.5, 0.6) is 0 Å². The van der Waals surface area contributed by atoms with Crippen LogP contribution in [0.2, 0.25) is 0 Å². The summed E-state index contributed by atoms with van der Waals surface area (Å²) in [5.74, 6) is 0.381. The summed E-state index contributed by atoms with van der Waals surface area (Å²) in [6.07, 6.45) is 10.5. The molecule has 4 rings (SSSR count). The van der Waals surface area contributed by atoms with Gasteiger partial charge in [0.05, 0.1) is 17.5 Å². The Balaban J connectivity index is 1.51. The second kappa shape index (κ2) is 7.26. The van der Waals surface area contributed by atoms with E-state index in [4.69, 9.17) is 0 Å². The molecule has 0 saturated carbocycles. The summed E-state index contributed by atoms with van der Waals surface area (Å²) >= 11 is 0. The van der Waals surface area contributed by atoms with Gasteiger partial charge in [-0.1, -0.05) is 0 Å². The van der Waals surface area contributed by atoms with Crippen LogP contribution in [0, 0.1) is 6.92 Å². The van der Waals surface area contributed by atoms with Crippen molar-refractivity contribution < 1.29 is 4.79 Å². The van der Waals surface area contributed by atoms with E-state index in [9.17, 15) is 4.79 Å². The molecule has 0 N–H and O–H groups in total. The van der Waals surface area contributed by atoms with Gasteiger partial charge in [-0.25, -0.2) is 9.97 Å². The Hall–Kier alpha value is -3.09. The van der Waals surface area contributed by atoms with Gasteiger partial charge in [0, 0.05) is 55.9 Å². The van der Waals surface area contributed by atoms with Gasteiger partial charge in [-0.3, -0.25) is 14.5 Å². The summed E-state index contributed by atoms with van der Waals surface area (Å²) in [6, 6.07) is 3.96. The molecule has 7 heteroatoms. The number of aryl methyl sites for hydroxylation is 1. The number of rotatable bonds is 3. The first kappa shape index (κ1) is 17.3. The number of aromatic nitrogens is 5. The fourth-order valence-electron chi connectivity index (χ4n) is 3.65. The fourth-order valence-corrected chi connectivity index (χ4v) is 3.65. The third-order valence-electron chi connectivity index (χ3n) is 5.37. The molecule has 4 heterocycles. The van der Waals surface area contributed by atoms with Crippen molar-refractivity contribution in [3.8, 4) is 11.1 Å². The lowest BCUT2D eigenvalue weighted by atomic mass is 9.89. The van der Waals surface area contributed by atoms with Crippen molar-refractivity contribution in [1.29, 1.82) is 0 Å². The first-order chi connectivity index (χ1) is 13.1. The number of hydrogen-bond acceptors (Lipinski definition) is 5. The molecule has 0 radical (unpaired) electrons. The molecule has 27 heavy (non-hydrogen) atoms. The predicted octanol–water partition coefficient (Wildman–Crippen LogP) is 2.60. The second-order valence-electron chi connectivity index (χ2n) is 6.89. The van der Waals surface area contributed by atoms with Crippen LogP contribution in [0.3, 0.4) is 0 Å². The molecule has 1 aliphatic heterocycles. The number of nitrogens with zero attached hydrogens (tertiary/aromatic N) is 6. The summed E-state index contributed by atoms with van der Waals surface area (Å²) in [6.45, 7) is 3.37. The molecule has 1 aliphatic rings. The highest BCUT2D eigenvalue weighted by atomic mass is 16.2. The van der Waals surface area contributed by atoms with Crippen molar-refractivity contribution in [2.45, 2.75) is 25.7 Å². The van der Waals surface area contributed by atoms with E-state index in [1.54, 1.807) is 29.6 Å². The van der Waals surface area contributed by atoms with E-state index in [1.165, 1.54) is 0 Å². The Morgan fingerprint density at radius 1 is 1.11 bits per heavy atom. The Bertz CT molecular complexity index is 944. The summed E-state index contributed by atoms with van der Waals surface area (Å²) in [7, 11) is 1.86. The van der Waals surface area contributed by atoms with Gasteiger partial charge in [0.15, 0.2) is 0 Å². The van der Waals surface area contributed by atoms with Crippen LogP contribution in [0.15, 0.2) is 43.2 Å². The first-order valence-corrected chi connectivity index (χ1v) is 9.13. The van der Waals surface area contributed by atoms with Gasteiger partial charge in [-0.15, -0.1) is 0 Å². The lowest BCUT2D eigenvalue weighted by Crippen LogP contribution is -2.38. The van der Waals surface area contributed by atoms with Crippen LogP contribution < -0.4 is 0 Å². The molecule has 3 aromatic heterocycles. The molecule has 7 nitrogen and oxygen atoms in total. The zero-order valence-corrected chi connectivity index (χ0v) is 15.5. The van der Waals surface area contributed by atoms with Crippen molar-refractivity contribution >= 4 is 5.91 Å². The van der Waals surface area contributed by atoms with Crippen LogP contribution in [-0.2, 0) is 7.05 Å². The zero-order chi connectivity index (χ0) is 18.8. The zero-order valence-electron chi connectivity index (χ0n) is 15.5. The Kier molecular flexibility index (Phi) is 4.66. The molecule has 0 aliphatic carbocycles. The quantitative estimate of drug-likeness (QED) is 0.716. The van der Waals surface area contributed by atoms with E-state index in [0.717, 1.165) is 48.4 Å². The number of pyridine rings is 1. The van der Waals surface area contributed by atoms with Gasteiger partial charge in [0.25, 0.3) is 5.91 Å². The molecule has 0 unspecified atom stereocenters. The Morgan fingerprint density at radius 3 is 2.52 bits per heavy atom. The summed E-state index contributed by atoms with van der Waals surface area (Å²) in [5.41, 5.74) is 4.77. The van der Waals surface area contributed by atoms with Gasteiger partial charge in [-0.2, -0.15) is 5.10 Å². The van der Waals surface area contributed by atoms with Gasteiger partial charge in [0.2, 0.25) is 0 Å². The predicted molar refractivity (Wildman–Crippen MR) is 101 cm³/mol.